The second-order valence-electron chi connectivity index (χ2n) is 8.81. The molecular weight excluding hydrogens is 350 g/mol. The van der Waals surface area contributed by atoms with Gasteiger partial charge in [-0.15, -0.1) is 0 Å². The highest BCUT2D eigenvalue weighted by Crippen LogP contribution is 2.46. The predicted molar refractivity (Wildman–Crippen MR) is 111 cm³/mol. The van der Waals surface area contributed by atoms with E-state index in [1.165, 1.54) is 24.1 Å². The molecule has 5 heteroatoms. The molecule has 28 heavy (non-hydrogen) atoms. The molecule has 1 spiro atoms. The molecule has 3 fully saturated rings. The van der Waals surface area contributed by atoms with Crippen LogP contribution in [0.25, 0.3) is 0 Å². The third-order valence-corrected chi connectivity index (χ3v) is 7.04. The summed E-state index contributed by atoms with van der Waals surface area (Å²) < 4.78 is 0. The Hall–Kier alpha value is -1.88. The monoisotopic (exact) mass is 383 g/mol. The van der Waals surface area contributed by atoms with Crippen LogP contribution in [-0.4, -0.2) is 60.9 Å². The van der Waals surface area contributed by atoms with Gasteiger partial charge in [0, 0.05) is 57.8 Å². The minimum absolute atomic E-state index is 0.00294. The first kappa shape index (κ1) is 19.4. The normalized spacial score (nSPS) is 23.0. The number of likely N-dealkylation sites (tertiary alicyclic amines) is 1. The van der Waals surface area contributed by atoms with Gasteiger partial charge >= 0.3 is 0 Å². The van der Waals surface area contributed by atoms with Crippen LogP contribution in [0.5, 0.6) is 0 Å². The molecule has 0 aromatic heterocycles. The number of imide groups is 1. The maximum atomic E-state index is 12.6. The Kier molecular flexibility index (Phi) is 5.72. The van der Waals surface area contributed by atoms with Crippen molar-refractivity contribution in [2.24, 2.45) is 5.41 Å². The molecule has 1 aromatic carbocycles. The number of rotatable bonds is 5. The summed E-state index contributed by atoms with van der Waals surface area (Å²) in [5, 5.41) is 0. The largest absolute Gasteiger partial charge is 0.369 e. The molecule has 1 aromatic rings. The van der Waals surface area contributed by atoms with Crippen molar-refractivity contribution in [3.8, 4) is 0 Å². The van der Waals surface area contributed by atoms with Crippen molar-refractivity contribution < 1.29 is 9.59 Å². The molecule has 0 bridgehead atoms. The van der Waals surface area contributed by atoms with Gasteiger partial charge in [-0.2, -0.15) is 0 Å². The fraction of sp³-hybridized carbons (Fsp3) is 0.652. The smallest absolute Gasteiger partial charge is 0.229 e. The lowest BCUT2D eigenvalue weighted by molar-refractivity contribution is -0.153. The van der Waals surface area contributed by atoms with E-state index in [1.54, 1.807) is 4.90 Å². The van der Waals surface area contributed by atoms with Crippen LogP contribution in [0.3, 0.4) is 0 Å². The van der Waals surface area contributed by atoms with E-state index in [0.717, 1.165) is 52.0 Å². The lowest BCUT2D eigenvalue weighted by Gasteiger charge is -2.40. The van der Waals surface area contributed by atoms with Gasteiger partial charge < -0.3 is 4.90 Å². The second-order valence-corrected chi connectivity index (χ2v) is 8.81. The number of hydrogen-bond acceptors (Lipinski definition) is 4. The number of carbonyl (C=O) groups excluding carboxylic acids is 2. The van der Waals surface area contributed by atoms with Crippen LogP contribution < -0.4 is 4.90 Å². The number of nitrogens with zero attached hydrogens (tertiary/aromatic N) is 3. The number of piperazine rings is 1. The van der Waals surface area contributed by atoms with E-state index in [1.807, 2.05) is 0 Å². The summed E-state index contributed by atoms with van der Waals surface area (Å²) in [7, 11) is 0. The molecule has 0 atom stereocenters. The van der Waals surface area contributed by atoms with Crippen molar-refractivity contribution in [3.63, 3.8) is 0 Å². The topological polar surface area (TPSA) is 43.9 Å². The molecule has 0 N–H and O–H groups in total. The Morgan fingerprint density at radius 2 is 1.54 bits per heavy atom. The van der Waals surface area contributed by atoms with Crippen LogP contribution in [-0.2, 0) is 16.0 Å². The van der Waals surface area contributed by atoms with Crippen molar-refractivity contribution in [2.45, 2.75) is 51.9 Å². The van der Waals surface area contributed by atoms with E-state index in [2.05, 4.69) is 41.0 Å². The van der Waals surface area contributed by atoms with Crippen molar-refractivity contribution >= 4 is 17.5 Å². The molecule has 152 valence electrons. The van der Waals surface area contributed by atoms with E-state index in [4.69, 9.17) is 0 Å². The number of hydrogen-bond donors (Lipinski definition) is 0. The minimum atomic E-state index is 0.00294. The van der Waals surface area contributed by atoms with E-state index in [9.17, 15) is 9.59 Å². The number of amides is 2. The molecule has 0 radical (unpaired) electrons. The molecule has 3 aliphatic rings. The number of para-hydroxylation sites is 1. The fourth-order valence-electron chi connectivity index (χ4n) is 5.33. The highest BCUT2D eigenvalue weighted by molar-refractivity contribution is 5.98. The van der Waals surface area contributed by atoms with Gasteiger partial charge in [0.05, 0.1) is 0 Å². The fourth-order valence-corrected chi connectivity index (χ4v) is 5.33. The predicted octanol–water partition coefficient (Wildman–Crippen LogP) is 3.08. The summed E-state index contributed by atoms with van der Waals surface area (Å²) in [6.07, 6.45) is 6.68. The van der Waals surface area contributed by atoms with Gasteiger partial charge in [0.1, 0.15) is 0 Å². The molecule has 5 nitrogen and oxygen atoms in total. The quantitative estimate of drug-likeness (QED) is 0.733. The Bertz CT molecular complexity index is 698. The third kappa shape index (κ3) is 3.95. The SMILES string of the molecule is CCc1ccccc1N1CCN(CCN2C(=O)CC3(CCCC3)CC2=O)CC1. The molecule has 0 unspecified atom stereocenters. The van der Waals surface area contributed by atoms with Crippen molar-refractivity contribution in [2.75, 3.05) is 44.2 Å². The Morgan fingerprint density at radius 1 is 0.893 bits per heavy atom. The lowest BCUT2D eigenvalue weighted by atomic mass is 9.76. The number of anilines is 1. The Morgan fingerprint density at radius 3 is 2.18 bits per heavy atom. The van der Waals surface area contributed by atoms with Gasteiger partial charge in [-0.05, 0) is 36.3 Å². The highest BCUT2D eigenvalue weighted by Gasteiger charge is 2.44. The highest BCUT2D eigenvalue weighted by atomic mass is 16.2. The summed E-state index contributed by atoms with van der Waals surface area (Å²) in [5.74, 6) is 0.127. The first-order chi connectivity index (χ1) is 13.6. The van der Waals surface area contributed by atoms with Crippen molar-refractivity contribution in [1.29, 1.82) is 0 Å². The van der Waals surface area contributed by atoms with Gasteiger partial charge in [0.15, 0.2) is 0 Å². The zero-order valence-electron chi connectivity index (χ0n) is 17.2. The molecule has 1 aliphatic carbocycles. The van der Waals surface area contributed by atoms with E-state index >= 15 is 0 Å². The van der Waals surface area contributed by atoms with Gasteiger partial charge in [-0.3, -0.25) is 19.4 Å². The van der Waals surface area contributed by atoms with Crippen LogP contribution in [0.15, 0.2) is 24.3 Å². The van der Waals surface area contributed by atoms with Gasteiger partial charge in [-0.25, -0.2) is 0 Å². The molecule has 2 saturated heterocycles. The summed E-state index contributed by atoms with van der Waals surface area (Å²) in [6, 6.07) is 8.66. The van der Waals surface area contributed by atoms with Crippen LogP contribution in [0.4, 0.5) is 5.69 Å². The maximum Gasteiger partial charge on any atom is 0.229 e. The maximum absolute atomic E-state index is 12.6. The number of benzene rings is 1. The summed E-state index contributed by atoms with van der Waals surface area (Å²) in [4.78, 5) is 31.7. The van der Waals surface area contributed by atoms with Crippen LogP contribution in [0.2, 0.25) is 0 Å². The molecule has 1 saturated carbocycles. The van der Waals surface area contributed by atoms with Crippen molar-refractivity contribution in [3.05, 3.63) is 29.8 Å². The standard InChI is InChI=1S/C23H33N3O2/c1-2-19-7-3-4-8-20(19)25-14-11-24(12-15-25)13-16-26-21(27)17-23(18-22(26)28)9-5-6-10-23/h3-4,7-8H,2,5-6,9-18H2,1H3. The number of piperidine rings is 1. The zero-order valence-corrected chi connectivity index (χ0v) is 17.2. The summed E-state index contributed by atoms with van der Waals surface area (Å²) in [5.41, 5.74) is 2.76. The molecule has 4 rings (SSSR count). The zero-order chi connectivity index (χ0) is 19.6. The molecule has 2 aliphatic heterocycles. The van der Waals surface area contributed by atoms with E-state index in [-0.39, 0.29) is 17.2 Å². The summed E-state index contributed by atoms with van der Waals surface area (Å²) in [6.45, 7) is 7.53. The van der Waals surface area contributed by atoms with Crippen LogP contribution in [0.1, 0.15) is 51.0 Å². The van der Waals surface area contributed by atoms with E-state index in [0.29, 0.717) is 19.4 Å². The summed E-state index contributed by atoms with van der Waals surface area (Å²) >= 11 is 0. The van der Waals surface area contributed by atoms with Gasteiger partial charge in [0.25, 0.3) is 0 Å². The average molecular weight is 384 g/mol. The lowest BCUT2D eigenvalue weighted by Crippen LogP contribution is -2.52. The van der Waals surface area contributed by atoms with E-state index < -0.39 is 0 Å². The van der Waals surface area contributed by atoms with Crippen LogP contribution in [0, 0.1) is 5.41 Å². The molecule has 2 heterocycles. The average Bonchev–Trinajstić information content (AvgIpc) is 3.15. The van der Waals surface area contributed by atoms with Crippen molar-refractivity contribution in [1.82, 2.24) is 9.80 Å². The molecular formula is C23H33N3O2. The van der Waals surface area contributed by atoms with Gasteiger partial charge in [-0.1, -0.05) is 38.0 Å². The third-order valence-electron chi connectivity index (χ3n) is 7.04. The first-order valence-electron chi connectivity index (χ1n) is 11.0. The molecule has 2 amide bonds. The Balaban J connectivity index is 1.28. The van der Waals surface area contributed by atoms with Crippen LogP contribution >= 0.6 is 0 Å². The number of aryl methyl sites for hydroxylation is 1. The van der Waals surface area contributed by atoms with Gasteiger partial charge in [0.2, 0.25) is 11.8 Å². The Labute approximate surface area is 168 Å². The first-order valence-corrected chi connectivity index (χ1v) is 11.0. The second kappa shape index (κ2) is 8.24. The number of carbonyl (C=O) groups is 2. The minimum Gasteiger partial charge on any atom is -0.369 e.